The molecule has 0 spiro atoms. The van der Waals surface area contributed by atoms with Gasteiger partial charge in [0.05, 0.1) is 5.69 Å². The molecular formula is C32H34N2O6S. The fourth-order valence-electron chi connectivity index (χ4n) is 5.32. The Morgan fingerprint density at radius 2 is 1.66 bits per heavy atom. The van der Waals surface area contributed by atoms with Gasteiger partial charge in [0.15, 0.2) is 5.76 Å². The Balaban J connectivity index is 1.30. The minimum atomic E-state index is -2.51. The highest BCUT2D eigenvalue weighted by Gasteiger charge is 2.32. The smallest absolute Gasteiger partial charge is 0.327 e. The zero-order valence-corrected chi connectivity index (χ0v) is 24.1. The maximum absolute atomic E-state index is 13.2. The van der Waals surface area contributed by atoms with E-state index in [1.807, 2.05) is 31.2 Å². The van der Waals surface area contributed by atoms with Crippen LogP contribution in [0.25, 0.3) is 22.1 Å². The number of aliphatic carboxylic acids is 1. The summed E-state index contributed by atoms with van der Waals surface area (Å²) in [6.45, 7) is 5.31. The number of hydrogen-bond acceptors (Lipinski definition) is 4. The van der Waals surface area contributed by atoms with Gasteiger partial charge < -0.3 is 14.8 Å². The minimum absolute atomic E-state index is 0.306. The van der Waals surface area contributed by atoms with E-state index in [-0.39, 0.29) is 11.8 Å². The first kappa shape index (κ1) is 28.6. The van der Waals surface area contributed by atoms with Gasteiger partial charge in [-0.15, -0.1) is 0 Å². The summed E-state index contributed by atoms with van der Waals surface area (Å²) in [6, 6.07) is 19.0. The van der Waals surface area contributed by atoms with Crippen LogP contribution in [-0.2, 0) is 22.5 Å². The second-order valence-electron chi connectivity index (χ2n) is 11.0. The average molecular weight is 575 g/mol. The highest BCUT2D eigenvalue weighted by Crippen LogP contribution is 2.36. The molecule has 0 aliphatic heterocycles. The molecule has 0 radical (unpaired) electrons. The Morgan fingerprint density at radius 1 is 1.02 bits per heavy atom. The van der Waals surface area contributed by atoms with E-state index in [9.17, 15) is 23.5 Å². The van der Waals surface area contributed by atoms with Crippen LogP contribution in [0.2, 0.25) is 0 Å². The van der Waals surface area contributed by atoms with Gasteiger partial charge >= 0.3 is 5.97 Å². The summed E-state index contributed by atoms with van der Waals surface area (Å²) in [7, 11) is 0. The molecule has 8 nitrogen and oxygen atoms in total. The van der Waals surface area contributed by atoms with E-state index in [1.54, 1.807) is 50.2 Å². The van der Waals surface area contributed by atoms with Gasteiger partial charge in [0.25, 0.3) is 17.2 Å². The first-order valence-corrected chi connectivity index (χ1v) is 14.9. The number of nitrogens with one attached hydrogen (secondary N) is 1. The van der Waals surface area contributed by atoms with Crippen LogP contribution in [0.1, 0.15) is 54.8 Å². The Bertz CT molecular complexity index is 1590. The molecule has 41 heavy (non-hydrogen) atoms. The first-order chi connectivity index (χ1) is 19.6. The van der Waals surface area contributed by atoms with E-state index < -0.39 is 23.3 Å². The fourth-order valence-corrected chi connectivity index (χ4v) is 6.15. The van der Waals surface area contributed by atoms with Crippen molar-refractivity contribution in [2.24, 2.45) is 11.8 Å². The number of rotatable bonds is 11. The van der Waals surface area contributed by atoms with Crippen LogP contribution in [0.5, 0.6) is 0 Å². The van der Waals surface area contributed by atoms with Gasteiger partial charge in [-0.2, -0.15) is 0 Å². The molecule has 1 heterocycles. The zero-order valence-electron chi connectivity index (χ0n) is 23.3. The van der Waals surface area contributed by atoms with E-state index in [2.05, 4.69) is 11.4 Å². The standard InChI is InChI=1S/C32H34N2O6S/c1-19(2)29(32(36)37)34(41(38)39)26-17-13-23(14-18-26)22-11-15-25(16-12-22)33-31(35)30-20(3)28-24(10-9-21-7-8-21)5-4-6-27(28)40-30/h4-6,11-19,21,29H,7-10H2,1-3H3,(H,33,35)(H,36,37)(H,38,39). The fraction of sp³-hybridized carbons (Fsp3) is 0.312. The van der Waals surface area contributed by atoms with Crippen LogP contribution in [0.15, 0.2) is 71.1 Å². The molecule has 0 bridgehead atoms. The van der Waals surface area contributed by atoms with E-state index >= 15 is 0 Å². The number of anilines is 2. The van der Waals surface area contributed by atoms with Crippen molar-refractivity contribution in [3.8, 4) is 11.1 Å². The third kappa shape index (κ3) is 6.21. The molecule has 1 fully saturated rings. The number of fused-ring (bicyclic) bond motifs is 1. The van der Waals surface area contributed by atoms with Crippen LogP contribution >= 0.6 is 0 Å². The Labute approximate surface area is 241 Å². The predicted octanol–water partition coefficient (Wildman–Crippen LogP) is 7.06. The van der Waals surface area contributed by atoms with Crippen LogP contribution in [0.3, 0.4) is 0 Å². The Morgan fingerprint density at radius 3 is 2.22 bits per heavy atom. The van der Waals surface area contributed by atoms with Gasteiger partial charge in [0.2, 0.25) is 0 Å². The molecule has 9 heteroatoms. The second kappa shape index (κ2) is 11.9. The summed E-state index contributed by atoms with van der Waals surface area (Å²) in [4.78, 5) is 24.9. The summed E-state index contributed by atoms with van der Waals surface area (Å²) < 4.78 is 28.8. The number of carbonyl (C=O) groups excluding carboxylic acids is 1. The third-order valence-electron chi connectivity index (χ3n) is 7.67. The monoisotopic (exact) mass is 574 g/mol. The number of carbonyl (C=O) groups is 2. The summed E-state index contributed by atoms with van der Waals surface area (Å²) in [5, 5.41) is 13.6. The number of carboxylic acids is 1. The lowest BCUT2D eigenvalue weighted by Gasteiger charge is -2.29. The van der Waals surface area contributed by atoms with Crippen LogP contribution in [0.4, 0.5) is 11.4 Å². The van der Waals surface area contributed by atoms with Crippen molar-refractivity contribution >= 4 is 45.5 Å². The number of carboxylic acid groups (broad SMARTS) is 1. The number of hydrogen-bond donors (Lipinski definition) is 3. The van der Waals surface area contributed by atoms with Gasteiger partial charge in [0, 0.05) is 16.6 Å². The second-order valence-corrected chi connectivity index (χ2v) is 11.8. The van der Waals surface area contributed by atoms with Crippen molar-refractivity contribution in [2.45, 2.75) is 52.5 Å². The summed E-state index contributed by atoms with van der Waals surface area (Å²) in [6.07, 6.45) is 4.78. The van der Waals surface area contributed by atoms with Gasteiger partial charge in [0.1, 0.15) is 11.6 Å². The number of benzene rings is 3. The Hall–Kier alpha value is -3.95. The third-order valence-corrected chi connectivity index (χ3v) is 8.44. The zero-order chi connectivity index (χ0) is 29.3. The molecule has 214 valence electrons. The van der Waals surface area contributed by atoms with Gasteiger partial charge in [-0.3, -0.25) is 13.7 Å². The summed E-state index contributed by atoms with van der Waals surface area (Å²) in [5.74, 6) is -0.722. The van der Waals surface area contributed by atoms with Crippen molar-refractivity contribution in [3.63, 3.8) is 0 Å². The molecule has 2 atom stereocenters. The molecule has 3 aromatic carbocycles. The summed E-state index contributed by atoms with van der Waals surface area (Å²) >= 11 is -2.51. The lowest BCUT2D eigenvalue weighted by molar-refractivity contribution is -0.139. The molecular weight excluding hydrogens is 540 g/mol. The average Bonchev–Trinajstić information content (AvgIpc) is 3.71. The largest absolute Gasteiger partial charge is 0.480 e. The molecule has 0 saturated heterocycles. The normalized spacial score (nSPS) is 14.7. The maximum Gasteiger partial charge on any atom is 0.327 e. The van der Waals surface area contributed by atoms with E-state index in [0.717, 1.165) is 44.3 Å². The van der Waals surface area contributed by atoms with E-state index in [0.29, 0.717) is 17.1 Å². The van der Waals surface area contributed by atoms with E-state index in [1.165, 1.54) is 24.8 Å². The highest BCUT2D eigenvalue weighted by molar-refractivity contribution is 7.80. The first-order valence-electron chi connectivity index (χ1n) is 13.8. The van der Waals surface area contributed by atoms with Crippen molar-refractivity contribution in [1.82, 2.24) is 0 Å². The lowest BCUT2D eigenvalue weighted by atomic mass is 10.0. The highest BCUT2D eigenvalue weighted by atomic mass is 32.2. The number of furan rings is 1. The van der Waals surface area contributed by atoms with E-state index in [4.69, 9.17) is 4.42 Å². The van der Waals surface area contributed by atoms with Gasteiger partial charge in [-0.05, 0) is 78.6 Å². The van der Waals surface area contributed by atoms with Crippen LogP contribution in [0, 0.1) is 18.8 Å². The lowest BCUT2D eigenvalue weighted by Crippen LogP contribution is -2.45. The quantitative estimate of drug-likeness (QED) is 0.165. The minimum Gasteiger partial charge on any atom is -0.480 e. The van der Waals surface area contributed by atoms with Crippen molar-refractivity contribution in [1.29, 1.82) is 0 Å². The van der Waals surface area contributed by atoms with Crippen molar-refractivity contribution < 1.29 is 27.9 Å². The topological polar surface area (TPSA) is 120 Å². The number of nitrogens with zero attached hydrogens (tertiary/aromatic N) is 1. The molecule has 2 unspecified atom stereocenters. The van der Waals surface area contributed by atoms with Crippen molar-refractivity contribution in [2.75, 3.05) is 9.62 Å². The molecule has 5 rings (SSSR count). The molecule has 1 aliphatic carbocycles. The molecule has 1 aromatic heterocycles. The predicted molar refractivity (Wildman–Crippen MR) is 161 cm³/mol. The van der Waals surface area contributed by atoms with Crippen LogP contribution in [-0.4, -0.2) is 31.8 Å². The maximum atomic E-state index is 13.2. The van der Waals surface area contributed by atoms with Gasteiger partial charge in [-0.25, -0.2) is 9.00 Å². The molecule has 4 aromatic rings. The molecule has 1 saturated carbocycles. The summed E-state index contributed by atoms with van der Waals surface area (Å²) in [5.41, 5.74) is 5.45. The molecule has 1 amide bonds. The van der Waals surface area contributed by atoms with Crippen LogP contribution < -0.4 is 9.62 Å². The van der Waals surface area contributed by atoms with Crippen molar-refractivity contribution in [3.05, 3.63) is 83.6 Å². The number of amides is 1. The van der Waals surface area contributed by atoms with Gasteiger partial charge in [-0.1, -0.05) is 63.1 Å². The Kier molecular flexibility index (Phi) is 8.28. The number of aryl methyl sites for hydroxylation is 2. The molecule has 1 aliphatic rings. The SMILES string of the molecule is Cc1c(C(=O)Nc2ccc(-c3ccc(N(C(C(=O)O)C(C)C)S(=O)O)cc3)cc2)oc2cccc(CCC3CC3)c12. The molecule has 3 N–H and O–H groups in total.